The Morgan fingerprint density at radius 1 is 1.03 bits per heavy atom. The van der Waals surface area contributed by atoms with Crippen molar-refractivity contribution in [2.75, 3.05) is 0 Å². The molecule has 0 saturated heterocycles. The molecule has 168 valence electrons. The number of alkyl halides is 1. The van der Waals surface area contributed by atoms with Gasteiger partial charge < -0.3 is 0 Å². The number of halogens is 1. The number of nitrogens with zero attached hydrogens (tertiary/aromatic N) is 1. The Bertz CT molecular complexity index is 1550. The second kappa shape index (κ2) is 10.0. The number of ketones is 1. The Balaban J connectivity index is 0.000000183. The van der Waals surface area contributed by atoms with Crippen molar-refractivity contribution in [3.63, 3.8) is 0 Å². The maximum Gasteiger partial charge on any atom is 0.162 e. The van der Waals surface area contributed by atoms with Gasteiger partial charge >= 0.3 is 0 Å². The van der Waals surface area contributed by atoms with Crippen LogP contribution < -0.4 is 10.4 Å². The Morgan fingerprint density at radius 3 is 2.74 bits per heavy atom. The van der Waals surface area contributed by atoms with Gasteiger partial charge in [-0.2, -0.15) is 0 Å². The molecule has 2 aliphatic carbocycles. The van der Waals surface area contributed by atoms with Crippen molar-refractivity contribution in [1.29, 1.82) is 0 Å². The van der Waals surface area contributed by atoms with Crippen LogP contribution in [0.2, 0.25) is 0 Å². The summed E-state index contributed by atoms with van der Waals surface area (Å²) in [6, 6.07) is 20.9. The third-order valence-corrected chi connectivity index (χ3v) is 7.54. The van der Waals surface area contributed by atoms with E-state index in [0.717, 1.165) is 17.2 Å². The number of thioether (sulfide) groups is 1. The molecule has 0 amide bonds. The average Bonchev–Trinajstić information content (AvgIpc) is 3.13. The first-order valence-electron chi connectivity index (χ1n) is 11.3. The normalized spacial score (nSPS) is 18.9. The van der Waals surface area contributed by atoms with Gasteiger partial charge in [0.1, 0.15) is 0 Å². The number of carbonyl (C=O) groups excluding carboxylic acids is 1. The van der Waals surface area contributed by atoms with Crippen LogP contribution in [0.25, 0.3) is 12.2 Å². The van der Waals surface area contributed by atoms with Gasteiger partial charge in [-0.3, -0.25) is 9.79 Å². The molecule has 0 radical (unpaired) electrons. The van der Waals surface area contributed by atoms with Crippen LogP contribution in [0.5, 0.6) is 0 Å². The molecule has 2 nitrogen and oxygen atoms in total. The summed E-state index contributed by atoms with van der Waals surface area (Å²) in [6.45, 7) is 3.67. The molecule has 3 aromatic carbocycles. The van der Waals surface area contributed by atoms with Crippen molar-refractivity contribution in [2.24, 2.45) is 4.99 Å². The number of carbonyl (C=O) groups is 1. The number of hydrogen-bond donors (Lipinski definition) is 0. The Morgan fingerprint density at radius 2 is 1.85 bits per heavy atom. The van der Waals surface area contributed by atoms with E-state index < -0.39 is 0 Å². The minimum Gasteiger partial charge on any atom is -0.294 e. The number of hydrogen-bond acceptors (Lipinski definition) is 3. The molecule has 6 rings (SSSR count). The summed E-state index contributed by atoms with van der Waals surface area (Å²) in [6.07, 6.45) is 11.0. The largest absolute Gasteiger partial charge is 0.294 e. The fourth-order valence-electron chi connectivity index (χ4n) is 4.81. The van der Waals surface area contributed by atoms with Crippen molar-refractivity contribution in [3.05, 3.63) is 122 Å². The first kappa shape index (κ1) is 22.6. The zero-order chi connectivity index (χ0) is 23.5. The van der Waals surface area contributed by atoms with Crippen molar-refractivity contribution in [3.8, 4) is 0 Å². The van der Waals surface area contributed by atoms with Gasteiger partial charge in [0.05, 0.1) is 5.38 Å². The topological polar surface area (TPSA) is 29.4 Å². The van der Waals surface area contributed by atoms with Crippen molar-refractivity contribution < 1.29 is 4.79 Å². The molecule has 4 heteroatoms. The van der Waals surface area contributed by atoms with Gasteiger partial charge in [-0.1, -0.05) is 85.1 Å². The van der Waals surface area contributed by atoms with Crippen molar-refractivity contribution in [2.45, 2.75) is 29.0 Å². The lowest BCUT2D eigenvalue weighted by Crippen LogP contribution is -2.30. The van der Waals surface area contributed by atoms with Gasteiger partial charge in [-0.25, -0.2) is 0 Å². The fourth-order valence-corrected chi connectivity index (χ4v) is 5.81. The molecule has 0 N–H and O–H groups in total. The second-order valence-electron chi connectivity index (χ2n) is 8.39. The molecule has 3 aromatic rings. The number of aliphatic imine (C=N–C) groups is 1. The fraction of sp³-hybridized carbons (Fsp3) is 0.133. The Hall–Kier alpha value is -3.14. The van der Waals surface area contributed by atoms with Crippen LogP contribution in [-0.2, 0) is 11.2 Å². The second-order valence-corrected chi connectivity index (χ2v) is 9.89. The summed E-state index contributed by atoms with van der Waals surface area (Å²) in [4.78, 5) is 17.8. The lowest BCUT2D eigenvalue weighted by molar-refractivity contribution is -0.116. The van der Waals surface area contributed by atoms with Gasteiger partial charge in [-0.15, -0.1) is 11.6 Å². The average molecular weight is 482 g/mol. The predicted octanol–water partition coefficient (Wildman–Crippen LogP) is 5.62. The van der Waals surface area contributed by atoms with Crippen molar-refractivity contribution >= 4 is 47.5 Å². The van der Waals surface area contributed by atoms with Crippen LogP contribution in [0, 0.1) is 10.4 Å². The quantitative estimate of drug-likeness (QED) is 0.351. The maximum absolute atomic E-state index is 12.4. The molecule has 3 aliphatic rings. The Labute approximate surface area is 208 Å². The molecule has 2 atom stereocenters. The molecule has 0 fully saturated rings. The van der Waals surface area contributed by atoms with Crippen LogP contribution in [0.1, 0.15) is 29.0 Å². The van der Waals surface area contributed by atoms with E-state index in [0.29, 0.717) is 6.42 Å². The van der Waals surface area contributed by atoms with Gasteiger partial charge in [0.15, 0.2) is 5.78 Å². The minimum absolute atomic E-state index is 0.0669. The molecular weight excluding hydrogens is 458 g/mol. The zero-order valence-electron chi connectivity index (χ0n) is 18.7. The van der Waals surface area contributed by atoms with Gasteiger partial charge in [0, 0.05) is 28.8 Å². The highest BCUT2D eigenvalue weighted by atomic mass is 35.5. The molecule has 2 unspecified atom stereocenters. The molecule has 0 spiro atoms. The molecule has 0 bridgehead atoms. The molecule has 1 aliphatic heterocycles. The van der Waals surface area contributed by atoms with Crippen LogP contribution in [0.15, 0.2) is 94.8 Å². The lowest BCUT2D eigenvalue weighted by Gasteiger charge is -2.25. The number of allylic oxidation sites excluding steroid dienone is 1. The first-order valence-corrected chi connectivity index (χ1v) is 12.6. The summed E-state index contributed by atoms with van der Waals surface area (Å²) in [5.41, 5.74) is 3.61. The predicted molar refractivity (Wildman–Crippen MR) is 144 cm³/mol. The standard InChI is InChI=1S/C21H17ClO.C9H7NS/c1-2-20(23)19-12-15(22)11-14-8-9-17-16-6-4-3-5-13(16)7-10-18(17)21(14)19;1-2-4-9-8(3-1)7-10-5-6-11-9/h2-9,11,15,19H,1,10,12H2;1-7H. The molecule has 0 saturated carbocycles. The zero-order valence-corrected chi connectivity index (χ0v) is 20.2. The summed E-state index contributed by atoms with van der Waals surface area (Å²) in [7, 11) is 0. The van der Waals surface area contributed by atoms with Crippen molar-refractivity contribution in [1.82, 2.24) is 0 Å². The Kier molecular flexibility index (Phi) is 6.66. The highest BCUT2D eigenvalue weighted by molar-refractivity contribution is 8.02. The molecule has 34 heavy (non-hydrogen) atoms. The summed E-state index contributed by atoms with van der Waals surface area (Å²) < 4.78 is 0. The number of benzene rings is 3. The van der Waals surface area contributed by atoms with Crippen LogP contribution >= 0.6 is 23.4 Å². The van der Waals surface area contributed by atoms with E-state index in [1.165, 1.54) is 37.8 Å². The van der Waals surface area contributed by atoms with E-state index in [1.807, 2.05) is 30.0 Å². The van der Waals surface area contributed by atoms with E-state index in [-0.39, 0.29) is 17.1 Å². The van der Waals surface area contributed by atoms with Crippen LogP contribution in [0.3, 0.4) is 0 Å². The number of rotatable bonds is 2. The van der Waals surface area contributed by atoms with E-state index in [4.69, 9.17) is 11.6 Å². The lowest BCUT2D eigenvalue weighted by atomic mass is 9.79. The summed E-state index contributed by atoms with van der Waals surface area (Å²) in [5.74, 6) is -0.110. The van der Waals surface area contributed by atoms with Gasteiger partial charge in [0.2, 0.25) is 0 Å². The molecule has 1 heterocycles. The third-order valence-electron chi connectivity index (χ3n) is 6.36. The highest BCUT2D eigenvalue weighted by Gasteiger charge is 2.28. The van der Waals surface area contributed by atoms with Gasteiger partial charge in [0.25, 0.3) is 0 Å². The van der Waals surface area contributed by atoms with E-state index in [2.05, 4.69) is 72.3 Å². The summed E-state index contributed by atoms with van der Waals surface area (Å²) in [5, 5.41) is 6.74. The summed E-state index contributed by atoms with van der Waals surface area (Å²) >= 11 is 8.06. The maximum atomic E-state index is 12.4. The highest BCUT2D eigenvalue weighted by Crippen LogP contribution is 2.31. The molecule has 0 aromatic heterocycles. The number of fused-ring (bicyclic) bond motifs is 5. The molecular formula is C30H24ClNOS. The van der Waals surface area contributed by atoms with E-state index in [9.17, 15) is 4.79 Å². The van der Waals surface area contributed by atoms with Gasteiger partial charge in [-0.05, 0) is 62.4 Å². The third kappa shape index (κ3) is 4.46. The minimum atomic E-state index is -0.177. The van der Waals surface area contributed by atoms with Crippen LogP contribution in [0.4, 0.5) is 0 Å². The monoisotopic (exact) mass is 481 g/mol. The van der Waals surface area contributed by atoms with Crippen LogP contribution in [-0.4, -0.2) is 17.4 Å². The van der Waals surface area contributed by atoms with E-state index >= 15 is 0 Å². The van der Waals surface area contributed by atoms with E-state index in [1.54, 1.807) is 11.8 Å². The first-order chi connectivity index (χ1) is 16.7. The smallest absolute Gasteiger partial charge is 0.162 e. The SMILES string of the molecule is C1=CSc2ccccc2C=N1.C=CC(=O)C1CC(Cl)C=c2ccc3c(c21)CC=c1ccccc1=3.